The molecular formula is C30H42FNO9. The number of benzene rings is 1. The number of esters is 1. The van der Waals surface area contributed by atoms with Gasteiger partial charge in [0.05, 0.1) is 11.8 Å². The van der Waals surface area contributed by atoms with Crippen LogP contribution in [-0.4, -0.2) is 73.9 Å². The van der Waals surface area contributed by atoms with Crippen molar-refractivity contribution in [3.05, 3.63) is 41.2 Å². The Hall–Kier alpha value is -2.99. The predicted molar refractivity (Wildman–Crippen MR) is 150 cm³/mol. The van der Waals surface area contributed by atoms with Crippen molar-refractivity contribution in [3.63, 3.8) is 0 Å². The zero-order valence-corrected chi connectivity index (χ0v) is 25.2. The zero-order chi connectivity index (χ0) is 30.7. The normalized spacial score (nSPS) is 27.9. The van der Waals surface area contributed by atoms with Crippen molar-refractivity contribution in [2.45, 2.75) is 90.7 Å². The number of nitrogens with zero attached hydrogens (tertiary/aromatic N) is 1. The lowest BCUT2D eigenvalue weighted by Crippen LogP contribution is -2.36. The lowest BCUT2D eigenvalue weighted by Gasteiger charge is -2.26. The Kier molecular flexibility index (Phi) is 10.2. The van der Waals surface area contributed by atoms with E-state index in [1.807, 2.05) is 0 Å². The molecule has 1 amide bonds. The predicted octanol–water partition coefficient (Wildman–Crippen LogP) is 5.37. The summed E-state index contributed by atoms with van der Waals surface area (Å²) in [4.78, 5) is 27.7. The van der Waals surface area contributed by atoms with E-state index in [2.05, 4.69) is 0 Å². The topological polar surface area (TPSA) is 113 Å². The number of fused-ring (bicyclic) bond motifs is 2. The highest BCUT2D eigenvalue weighted by molar-refractivity contribution is 5.99. The number of anilines is 1. The van der Waals surface area contributed by atoms with Crippen LogP contribution in [0.3, 0.4) is 0 Å². The average molecular weight is 580 g/mol. The van der Waals surface area contributed by atoms with E-state index in [0.29, 0.717) is 11.3 Å². The summed E-state index contributed by atoms with van der Waals surface area (Å²) in [6, 6.07) is 3.16. The van der Waals surface area contributed by atoms with Crippen molar-refractivity contribution in [1.29, 1.82) is 0 Å². The van der Waals surface area contributed by atoms with Crippen molar-refractivity contribution in [2.24, 2.45) is 5.92 Å². The van der Waals surface area contributed by atoms with Crippen molar-refractivity contribution >= 4 is 23.8 Å². The molecule has 5 atom stereocenters. The summed E-state index contributed by atoms with van der Waals surface area (Å²) < 4.78 is 49.0. The summed E-state index contributed by atoms with van der Waals surface area (Å²) in [6.45, 7) is 11.8. The first-order valence-corrected chi connectivity index (χ1v) is 13.6. The van der Waals surface area contributed by atoms with Crippen LogP contribution in [0.2, 0.25) is 0 Å². The Morgan fingerprint density at radius 1 is 1.22 bits per heavy atom. The molecule has 0 aromatic heterocycles. The van der Waals surface area contributed by atoms with Crippen LogP contribution < -0.4 is 9.64 Å². The fraction of sp³-hybridized carbons (Fsp3) is 0.600. The Morgan fingerprint density at radius 2 is 1.90 bits per heavy atom. The van der Waals surface area contributed by atoms with Gasteiger partial charge in [-0.3, -0.25) is 4.90 Å². The van der Waals surface area contributed by atoms with Gasteiger partial charge in [-0.1, -0.05) is 19.1 Å². The standard InChI is InChI=1S/C30H42FNO9/c1-17-13-21(31)25(33)26-22(39-30(6,7)40-26)12-10-11-19-14-20(32(8)28(35)41-29(3,4)5)15-23(37-16-36-9)24(19)27(34)38-18(17)2/h10-11,13-15,17-18,22,25-26,33H,12,16H2,1-9H3/b11-10?,21-13+/t17-,18+,22+,25?,26+/m1/s1. The van der Waals surface area contributed by atoms with Gasteiger partial charge in [0, 0.05) is 26.1 Å². The van der Waals surface area contributed by atoms with Crippen LogP contribution in [0.4, 0.5) is 14.9 Å². The minimum atomic E-state index is -1.57. The second-order valence-electron chi connectivity index (χ2n) is 11.7. The maximum atomic E-state index is 15.1. The molecule has 0 radical (unpaired) electrons. The molecule has 228 valence electrons. The molecule has 0 aliphatic carbocycles. The Balaban J connectivity index is 2.14. The lowest BCUT2D eigenvalue weighted by molar-refractivity contribution is -0.153. The first kappa shape index (κ1) is 32.5. The summed E-state index contributed by atoms with van der Waals surface area (Å²) in [5, 5.41) is 10.8. The van der Waals surface area contributed by atoms with E-state index in [-0.39, 0.29) is 24.5 Å². The molecule has 0 spiro atoms. The Labute approximate surface area is 241 Å². The fourth-order valence-corrected chi connectivity index (χ4v) is 4.46. The van der Waals surface area contributed by atoms with Crippen LogP contribution in [0, 0.1) is 5.92 Å². The number of aliphatic hydroxyl groups is 1. The number of hydrogen-bond donors (Lipinski definition) is 1. The van der Waals surface area contributed by atoms with E-state index in [0.717, 1.165) is 0 Å². The zero-order valence-electron chi connectivity index (χ0n) is 25.2. The van der Waals surface area contributed by atoms with E-state index >= 15 is 4.39 Å². The molecule has 0 bridgehead atoms. The molecule has 11 heteroatoms. The van der Waals surface area contributed by atoms with Gasteiger partial charge in [-0.05, 0) is 65.7 Å². The van der Waals surface area contributed by atoms with E-state index < -0.39 is 59.6 Å². The highest BCUT2D eigenvalue weighted by Gasteiger charge is 2.45. The van der Waals surface area contributed by atoms with Gasteiger partial charge in [-0.15, -0.1) is 0 Å². The summed E-state index contributed by atoms with van der Waals surface area (Å²) in [5.74, 6) is -3.03. The molecule has 1 N–H and O–H groups in total. The van der Waals surface area contributed by atoms with Crippen LogP contribution in [0.25, 0.3) is 6.08 Å². The number of hydrogen-bond acceptors (Lipinski definition) is 9. The van der Waals surface area contributed by atoms with Crippen LogP contribution in [0.5, 0.6) is 5.75 Å². The van der Waals surface area contributed by atoms with Gasteiger partial charge < -0.3 is 33.5 Å². The smallest absolute Gasteiger partial charge is 0.414 e. The SMILES string of the molecule is COCOc1cc(N(C)C(=O)OC(C)(C)C)cc2c1C(=O)O[C@@H](C)[C@H](C)/C=C(/F)C(O)[C@H]1OC(C)(C)O[C@H]1CC=C2. The van der Waals surface area contributed by atoms with Crippen molar-refractivity contribution in [1.82, 2.24) is 0 Å². The van der Waals surface area contributed by atoms with E-state index in [1.54, 1.807) is 73.7 Å². The number of carbonyl (C=O) groups excluding carboxylic acids is 2. The van der Waals surface area contributed by atoms with E-state index in [1.165, 1.54) is 24.2 Å². The third-order valence-corrected chi connectivity index (χ3v) is 6.65. The summed E-state index contributed by atoms with van der Waals surface area (Å²) in [5.41, 5.74) is 0.157. The molecule has 1 saturated heterocycles. The Morgan fingerprint density at radius 3 is 2.54 bits per heavy atom. The molecule has 0 saturated carbocycles. The number of halogens is 1. The number of carbonyl (C=O) groups is 2. The summed E-state index contributed by atoms with van der Waals surface area (Å²) in [6.07, 6.45) is 0.227. The molecule has 1 aromatic carbocycles. The maximum Gasteiger partial charge on any atom is 0.414 e. The second kappa shape index (κ2) is 12.9. The molecule has 1 aromatic rings. The number of aliphatic hydroxyl groups excluding tert-OH is 1. The van der Waals surface area contributed by atoms with Crippen molar-refractivity contribution in [3.8, 4) is 5.75 Å². The van der Waals surface area contributed by atoms with Crippen LogP contribution in [-0.2, 0) is 23.7 Å². The third kappa shape index (κ3) is 8.28. The van der Waals surface area contributed by atoms with Crippen molar-refractivity contribution in [2.75, 3.05) is 25.9 Å². The first-order valence-electron chi connectivity index (χ1n) is 13.6. The highest BCUT2D eigenvalue weighted by Crippen LogP contribution is 2.36. The molecule has 10 nitrogen and oxygen atoms in total. The van der Waals surface area contributed by atoms with Gasteiger partial charge in [0.1, 0.15) is 41.1 Å². The molecule has 1 unspecified atom stereocenters. The molecule has 41 heavy (non-hydrogen) atoms. The number of ether oxygens (including phenoxy) is 6. The van der Waals surface area contributed by atoms with E-state index in [9.17, 15) is 14.7 Å². The highest BCUT2D eigenvalue weighted by atomic mass is 19.1. The van der Waals surface area contributed by atoms with Crippen LogP contribution in [0.15, 0.2) is 30.1 Å². The monoisotopic (exact) mass is 579 g/mol. The minimum Gasteiger partial charge on any atom is -0.467 e. The lowest BCUT2D eigenvalue weighted by atomic mass is 9.98. The van der Waals surface area contributed by atoms with Gasteiger partial charge in [0.2, 0.25) is 0 Å². The molecule has 2 aliphatic rings. The van der Waals surface area contributed by atoms with Gasteiger partial charge in [-0.2, -0.15) is 0 Å². The van der Waals surface area contributed by atoms with Crippen molar-refractivity contribution < 1.29 is 47.5 Å². The summed E-state index contributed by atoms with van der Waals surface area (Å²) >= 11 is 0. The molecule has 3 rings (SSSR count). The number of rotatable bonds is 4. The molecule has 1 fully saturated rings. The maximum absolute atomic E-state index is 15.1. The first-order chi connectivity index (χ1) is 19.0. The van der Waals surface area contributed by atoms with Gasteiger partial charge in [-0.25, -0.2) is 14.0 Å². The quantitative estimate of drug-likeness (QED) is 0.371. The fourth-order valence-electron chi connectivity index (χ4n) is 4.46. The minimum absolute atomic E-state index is 0.0979. The second-order valence-corrected chi connectivity index (χ2v) is 11.7. The van der Waals surface area contributed by atoms with Gasteiger partial charge >= 0.3 is 12.1 Å². The largest absolute Gasteiger partial charge is 0.467 e. The molecule has 2 heterocycles. The average Bonchev–Trinajstić information content (AvgIpc) is 3.18. The van der Waals surface area contributed by atoms with Crippen LogP contribution in [0.1, 0.15) is 70.8 Å². The summed E-state index contributed by atoms with van der Waals surface area (Å²) in [7, 11) is 2.98. The van der Waals surface area contributed by atoms with E-state index in [4.69, 9.17) is 28.4 Å². The number of methoxy groups -OCH3 is 1. The number of cyclic esters (lactones) is 1. The third-order valence-electron chi connectivity index (χ3n) is 6.65. The van der Waals surface area contributed by atoms with Gasteiger partial charge in [0.25, 0.3) is 0 Å². The Bertz CT molecular complexity index is 1170. The van der Waals surface area contributed by atoms with Crippen LogP contribution >= 0.6 is 0 Å². The number of amides is 1. The van der Waals surface area contributed by atoms with Gasteiger partial charge in [0.15, 0.2) is 12.6 Å². The molecule has 2 aliphatic heterocycles. The molecular weight excluding hydrogens is 537 g/mol.